The normalized spacial score (nSPS) is 12.0. The molecule has 0 aliphatic heterocycles. The molecule has 4 rings (SSSR count). The number of benzene rings is 4. The number of para-hydroxylation sites is 1. The summed E-state index contributed by atoms with van der Waals surface area (Å²) in [4.78, 5) is 29.2. The smallest absolute Gasteiger partial charge is 0.264 e. The van der Waals surface area contributed by atoms with Gasteiger partial charge in [0.05, 0.1) is 10.6 Å². The van der Waals surface area contributed by atoms with E-state index >= 15 is 0 Å². The van der Waals surface area contributed by atoms with E-state index in [4.69, 9.17) is 23.2 Å². The van der Waals surface area contributed by atoms with Crippen molar-refractivity contribution in [1.29, 1.82) is 0 Å². The summed E-state index contributed by atoms with van der Waals surface area (Å²) >= 11 is 12.6. The Morgan fingerprint density at radius 2 is 1.48 bits per heavy atom. The van der Waals surface area contributed by atoms with Crippen LogP contribution in [0.3, 0.4) is 0 Å². The minimum absolute atomic E-state index is 0.100. The molecule has 0 bridgehead atoms. The van der Waals surface area contributed by atoms with Gasteiger partial charge in [0.25, 0.3) is 10.0 Å². The van der Waals surface area contributed by atoms with Crippen LogP contribution in [0.4, 0.5) is 10.1 Å². The predicted molar refractivity (Wildman–Crippen MR) is 172 cm³/mol. The number of carbonyl (C=O) groups excluding carboxylic acids is 2. The minimum Gasteiger partial charge on any atom is -0.352 e. The summed E-state index contributed by atoms with van der Waals surface area (Å²) in [6.45, 7) is 2.88. The van der Waals surface area contributed by atoms with Crippen molar-refractivity contribution in [3.63, 3.8) is 0 Å². The molecule has 1 N–H and O–H groups in total. The number of nitrogens with one attached hydrogen (secondary N) is 1. The fourth-order valence-electron chi connectivity index (χ4n) is 4.62. The molecule has 0 aliphatic rings. The summed E-state index contributed by atoms with van der Waals surface area (Å²) in [5.74, 6) is -1.66. The second-order valence-corrected chi connectivity index (χ2v) is 13.1. The lowest BCUT2D eigenvalue weighted by molar-refractivity contribution is -0.140. The number of nitrogens with zero attached hydrogens (tertiary/aromatic N) is 2. The Bertz CT molecular complexity index is 1690. The van der Waals surface area contributed by atoms with Gasteiger partial charge in [-0.1, -0.05) is 77.8 Å². The number of hydrogen-bond donors (Lipinski definition) is 1. The number of amides is 2. The zero-order chi connectivity index (χ0) is 31.9. The van der Waals surface area contributed by atoms with Gasteiger partial charge in [-0.05, 0) is 73.5 Å². The van der Waals surface area contributed by atoms with Crippen molar-refractivity contribution in [1.82, 2.24) is 10.2 Å². The van der Waals surface area contributed by atoms with E-state index in [0.717, 1.165) is 34.1 Å². The summed E-state index contributed by atoms with van der Waals surface area (Å²) in [5, 5.41) is 3.59. The molecule has 0 aliphatic carbocycles. The topological polar surface area (TPSA) is 86.8 Å². The number of rotatable bonds is 12. The minimum atomic E-state index is -4.33. The third kappa shape index (κ3) is 8.37. The van der Waals surface area contributed by atoms with Crippen molar-refractivity contribution >= 4 is 50.7 Å². The summed E-state index contributed by atoms with van der Waals surface area (Å²) in [7, 11) is -4.33. The van der Waals surface area contributed by atoms with E-state index in [1.165, 1.54) is 11.0 Å². The van der Waals surface area contributed by atoms with Crippen LogP contribution >= 0.6 is 23.2 Å². The van der Waals surface area contributed by atoms with E-state index in [0.29, 0.717) is 10.6 Å². The van der Waals surface area contributed by atoms with Gasteiger partial charge in [0, 0.05) is 29.1 Å². The molecule has 0 unspecified atom stereocenters. The lowest BCUT2D eigenvalue weighted by atomic mass is 10.0. The van der Waals surface area contributed by atoms with E-state index in [1.807, 2.05) is 44.2 Å². The Balaban J connectivity index is 1.81. The maximum atomic E-state index is 14.4. The van der Waals surface area contributed by atoms with Crippen LogP contribution in [0.25, 0.3) is 0 Å². The van der Waals surface area contributed by atoms with Crippen LogP contribution in [0, 0.1) is 5.82 Å². The van der Waals surface area contributed by atoms with Crippen molar-refractivity contribution < 1.29 is 22.4 Å². The van der Waals surface area contributed by atoms with Gasteiger partial charge in [0.2, 0.25) is 11.8 Å². The summed E-state index contributed by atoms with van der Waals surface area (Å²) in [6.07, 6.45) is 0.159. The molecular weight excluding hydrogens is 624 g/mol. The Morgan fingerprint density at radius 3 is 2.07 bits per heavy atom. The first-order valence-corrected chi connectivity index (χ1v) is 16.1. The van der Waals surface area contributed by atoms with E-state index in [2.05, 4.69) is 5.32 Å². The second kappa shape index (κ2) is 14.7. The van der Waals surface area contributed by atoms with Crippen molar-refractivity contribution in [3.8, 4) is 0 Å². The van der Waals surface area contributed by atoms with Gasteiger partial charge in [-0.3, -0.25) is 13.9 Å². The molecule has 4 aromatic rings. The average molecular weight is 657 g/mol. The molecule has 0 radical (unpaired) electrons. The first-order valence-electron chi connectivity index (χ1n) is 13.9. The number of halogens is 3. The molecule has 7 nitrogen and oxygen atoms in total. The van der Waals surface area contributed by atoms with Gasteiger partial charge in [-0.25, -0.2) is 12.8 Å². The van der Waals surface area contributed by atoms with Gasteiger partial charge in [0.1, 0.15) is 18.4 Å². The molecule has 230 valence electrons. The highest BCUT2D eigenvalue weighted by Crippen LogP contribution is 2.27. The third-order valence-electron chi connectivity index (χ3n) is 6.78. The molecule has 0 fully saturated rings. The van der Waals surface area contributed by atoms with Crippen LogP contribution in [0.15, 0.2) is 108 Å². The van der Waals surface area contributed by atoms with Gasteiger partial charge in [-0.2, -0.15) is 0 Å². The van der Waals surface area contributed by atoms with Crippen molar-refractivity contribution in [3.05, 3.63) is 130 Å². The molecular formula is C33H32Cl2FN3O4S. The summed E-state index contributed by atoms with van der Waals surface area (Å²) in [5.41, 5.74) is 1.55. The summed E-state index contributed by atoms with van der Waals surface area (Å²) in [6, 6.07) is 25.3. The average Bonchev–Trinajstić information content (AvgIpc) is 2.99. The zero-order valence-corrected chi connectivity index (χ0v) is 26.5. The standard InChI is InChI=1S/C33H32Cl2FN3O4S/c1-23(2)37-33(41)31(19-24-9-5-3-6-10-24)38(21-25-13-14-26(34)20-30(25)35)32(40)22-39(28-11-7-4-8-12-28)44(42,43)29-17-15-27(36)16-18-29/h3-18,20,23,31H,19,21-22H2,1-2H3,(H,37,41)/t31-/m0/s1. The highest BCUT2D eigenvalue weighted by molar-refractivity contribution is 7.92. The fraction of sp³-hybridized carbons (Fsp3) is 0.212. The fourth-order valence-corrected chi connectivity index (χ4v) is 6.51. The third-order valence-corrected chi connectivity index (χ3v) is 9.16. The van der Waals surface area contributed by atoms with Crippen LogP contribution < -0.4 is 9.62 Å². The van der Waals surface area contributed by atoms with Crippen LogP contribution in [-0.4, -0.2) is 43.8 Å². The lowest BCUT2D eigenvalue weighted by Gasteiger charge is -2.34. The molecule has 0 heterocycles. The molecule has 4 aromatic carbocycles. The second-order valence-electron chi connectivity index (χ2n) is 10.4. The Hall–Kier alpha value is -3.92. The molecule has 0 saturated carbocycles. The van der Waals surface area contributed by atoms with Gasteiger partial charge in [0.15, 0.2) is 0 Å². The number of hydrogen-bond acceptors (Lipinski definition) is 4. The van der Waals surface area contributed by atoms with Crippen molar-refractivity contribution in [2.45, 2.75) is 43.8 Å². The monoisotopic (exact) mass is 655 g/mol. The largest absolute Gasteiger partial charge is 0.352 e. The Morgan fingerprint density at radius 1 is 0.864 bits per heavy atom. The molecule has 11 heteroatoms. The van der Waals surface area contributed by atoms with E-state index in [-0.39, 0.29) is 34.6 Å². The van der Waals surface area contributed by atoms with Crippen LogP contribution in [-0.2, 0) is 32.6 Å². The zero-order valence-electron chi connectivity index (χ0n) is 24.2. The first kappa shape index (κ1) is 33.0. The molecule has 0 aromatic heterocycles. The van der Waals surface area contributed by atoms with Crippen LogP contribution in [0.5, 0.6) is 0 Å². The van der Waals surface area contributed by atoms with Crippen LogP contribution in [0.1, 0.15) is 25.0 Å². The summed E-state index contributed by atoms with van der Waals surface area (Å²) < 4.78 is 42.5. The van der Waals surface area contributed by atoms with E-state index in [9.17, 15) is 22.4 Å². The van der Waals surface area contributed by atoms with Gasteiger partial charge < -0.3 is 10.2 Å². The highest BCUT2D eigenvalue weighted by atomic mass is 35.5. The SMILES string of the molecule is CC(C)NC(=O)[C@H](Cc1ccccc1)N(Cc1ccc(Cl)cc1Cl)C(=O)CN(c1ccccc1)S(=O)(=O)c1ccc(F)cc1. The number of anilines is 1. The quantitative estimate of drug-likeness (QED) is 0.189. The molecule has 1 atom stereocenters. The van der Waals surface area contributed by atoms with E-state index < -0.39 is 40.2 Å². The number of carbonyl (C=O) groups is 2. The van der Waals surface area contributed by atoms with Gasteiger partial charge in [-0.15, -0.1) is 0 Å². The van der Waals surface area contributed by atoms with Crippen LogP contribution in [0.2, 0.25) is 10.0 Å². The Labute approximate surface area is 267 Å². The predicted octanol–water partition coefficient (Wildman–Crippen LogP) is 6.49. The first-order chi connectivity index (χ1) is 21.0. The van der Waals surface area contributed by atoms with Gasteiger partial charge >= 0.3 is 0 Å². The molecule has 0 saturated heterocycles. The van der Waals surface area contributed by atoms with Crippen molar-refractivity contribution in [2.24, 2.45) is 0 Å². The number of sulfonamides is 1. The van der Waals surface area contributed by atoms with E-state index in [1.54, 1.807) is 42.5 Å². The van der Waals surface area contributed by atoms with Crippen molar-refractivity contribution in [2.75, 3.05) is 10.8 Å². The maximum absolute atomic E-state index is 14.4. The molecule has 0 spiro atoms. The molecule has 2 amide bonds. The molecule has 44 heavy (non-hydrogen) atoms. The highest BCUT2D eigenvalue weighted by Gasteiger charge is 2.35. The lowest BCUT2D eigenvalue weighted by Crippen LogP contribution is -2.54. The maximum Gasteiger partial charge on any atom is 0.264 e. The Kier molecular flexibility index (Phi) is 11.0.